The van der Waals surface area contributed by atoms with Crippen LogP contribution in [-0.2, 0) is 11.4 Å². The molecule has 0 aliphatic heterocycles. The van der Waals surface area contributed by atoms with E-state index in [1.54, 1.807) is 42.5 Å². The Morgan fingerprint density at radius 1 is 1.10 bits per heavy atom. The molecule has 0 unspecified atom stereocenters. The van der Waals surface area contributed by atoms with E-state index < -0.39 is 5.91 Å². The smallest absolute Gasteiger partial charge is 0.266 e. The van der Waals surface area contributed by atoms with Crippen molar-refractivity contribution in [2.75, 3.05) is 12.4 Å². The first kappa shape index (κ1) is 21.9. The predicted octanol–water partition coefficient (Wildman–Crippen LogP) is 5.78. The van der Waals surface area contributed by atoms with E-state index in [1.165, 1.54) is 13.2 Å². The Hall–Kier alpha value is -3.75. The third-order valence-electron chi connectivity index (χ3n) is 4.50. The van der Waals surface area contributed by atoms with Gasteiger partial charge in [0.1, 0.15) is 18.2 Å². The number of methoxy groups -OCH3 is 1. The number of anilines is 1. The van der Waals surface area contributed by atoms with Gasteiger partial charge in [-0.3, -0.25) is 4.79 Å². The summed E-state index contributed by atoms with van der Waals surface area (Å²) in [4.78, 5) is 12.6. The van der Waals surface area contributed by atoms with Gasteiger partial charge in [-0.1, -0.05) is 53.6 Å². The first-order chi connectivity index (χ1) is 15.0. The number of nitrogens with zero attached hydrogens (tertiary/aromatic N) is 1. The molecule has 1 amide bonds. The second kappa shape index (κ2) is 10.3. The van der Waals surface area contributed by atoms with Gasteiger partial charge in [0.2, 0.25) is 0 Å². The highest BCUT2D eigenvalue weighted by Crippen LogP contribution is 2.33. The Morgan fingerprint density at radius 2 is 1.81 bits per heavy atom. The van der Waals surface area contributed by atoms with Gasteiger partial charge in [-0.2, -0.15) is 5.26 Å². The monoisotopic (exact) mass is 432 g/mol. The number of carbonyl (C=O) groups excluding carboxylic acids is 1. The minimum Gasteiger partial charge on any atom is -0.493 e. The molecule has 0 aliphatic rings. The molecule has 5 nitrogen and oxygen atoms in total. The first-order valence-electron chi connectivity index (χ1n) is 9.54. The Kier molecular flexibility index (Phi) is 7.31. The lowest BCUT2D eigenvalue weighted by molar-refractivity contribution is -0.112. The van der Waals surface area contributed by atoms with E-state index in [1.807, 2.05) is 37.3 Å². The average molecular weight is 433 g/mol. The molecule has 3 aromatic rings. The normalized spacial score (nSPS) is 10.8. The third kappa shape index (κ3) is 5.88. The van der Waals surface area contributed by atoms with E-state index in [9.17, 15) is 10.1 Å². The van der Waals surface area contributed by atoms with Gasteiger partial charge in [0, 0.05) is 16.3 Å². The highest BCUT2D eigenvalue weighted by atomic mass is 35.5. The van der Waals surface area contributed by atoms with Gasteiger partial charge in [-0.25, -0.2) is 0 Å². The highest BCUT2D eigenvalue weighted by Gasteiger charge is 2.14. The van der Waals surface area contributed by atoms with Crippen LogP contribution < -0.4 is 14.8 Å². The van der Waals surface area contributed by atoms with Gasteiger partial charge >= 0.3 is 0 Å². The van der Waals surface area contributed by atoms with Crippen LogP contribution in [0.2, 0.25) is 5.02 Å². The molecule has 3 aromatic carbocycles. The molecule has 1 N–H and O–H groups in total. The number of carbonyl (C=O) groups is 1. The second-order valence-electron chi connectivity index (χ2n) is 6.78. The molecule has 0 saturated heterocycles. The van der Waals surface area contributed by atoms with Crippen molar-refractivity contribution in [1.29, 1.82) is 5.26 Å². The van der Waals surface area contributed by atoms with Crippen molar-refractivity contribution in [1.82, 2.24) is 0 Å². The van der Waals surface area contributed by atoms with E-state index in [0.29, 0.717) is 27.8 Å². The molecule has 0 bridgehead atoms. The third-order valence-corrected chi connectivity index (χ3v) is 4.75. The summed E-state index contributed by atoms with van der Waals surface area (Å²) in [5.41, 5.74) is 3.12. The Labute approximate surface area is 186 Å². The summed E-state index contributed by atoms with van der Waals surface area (Å²) < 4.78 is 11.4. The molecule has 3 rings (SSSR count). The second-order valence-corrected chi connectivity index (χ2v) is 7.22. The molecule has 6 heteroatoms. The van der Waals surface area contributed by atoms with E-state index in [2.05, 4.69) is 5.32 Å². The molecule has 0 aromatic heterocycles. The number of hydrogen-bond donors (Lipinski definition) is 1. The fourth-order valence-corrected chi connectivity index (χ4v) is 2.96. The van der Waals surface area contributed by atoms with Crippen LogP contribution >= 0.6 is 11.6 Å². The maximum Gasteiger partial charge on any atom is 0.266 e. The molecule has 0 saturated carbocycles. The van der Waals surface area contributed by atoms with Crippen molar-refractivity contribution in [3.05, 3.63) is 94.0 Å². The summed E-state index contributed by atoms with van der Waals surface area (Å²) in [5, 5.41) is 12.9. The summed E-state index contributed by atoms with van der Waals surface area (Å²) in [6.45, 7) is 2.23. The van der Waals surface area contributed by atoms with Gasteiger partial charge in [-0.05, 0) is 48.9 Å². The number of hydrogen-bond acceptors (Lipinski definition) is 4. The van der Waals surface area contributed by atoms with Gasteiger partial charge in [0.15, 0.2) is 11.5 Å². The number of rotatable bonds is 7. The summed E-state index contributed by atoms with van der Waals surface area (Å²) in [7, 11) is 1.54. The number of halogens is 1. The van der Waals surface area contributed by atoms with Gasteiger partial charge in [0.05, 0.1) is 7.11 Å². The van der Waals surface area contributed by atoms with Gasteiger partial charge in [-0.15, -0.1) is 0 Å². The van der Waals surface area contributed by atoms with Crippen molar-refractivity contribution in [3.63, 3.8) is 0 Å². The van der Waals surface area contributed by atoms with Crippen LogP contribution in [0.1, 0.15) is 16.7 Å². The molecule has 0 aliphatic carbocycles. The van der Waals surface area contributed by atoms with Crippen LogP contribution in [0.25, 0.3) is 6.08 Å². The van der Waals surface area contributed by atoms with E-state index in [0.717, 1.165) is 11.1 Å². The number of para-hydroxylation sites is 1. The van der Waals surface area contributed by atoms with Crippen LogP contribution in [0.5, 0.6) is 11.5 Å². The zero-order valence-corrected chi connectivity index (χ0v) is 17.9. The van der Waals surface area contributed by atoms with Crippen molar-refractivity contribution < 1.29 is 14.3 Å². The molecule has 0 heterocycles. The van der Waals surface area contributed by atoms with Gasteiger partial charge < -0.3 is 14.8 Å². The minimum absolute atomic E-state index is 0.0508. The molecular weight excluding hydrogens is 412 g/mol. The molecule has 0 spiro atoms. The quantitative estimate of drug-likeness (QED) is 0.379. The van der Waals surface area contributed by atoms with E-state index in [-0.39, 0.29) is 12.2 Å². The van der Waals surface area contributed by atoms with Crippen molar-refractivity contribution in [2.24, 2.45) is 0 Å². The summed E-state index contributed by atoms with van der Waals surface area (Å²) in [6.07, 6.45) is 1.49. The maximum atomic E-state index is 12.6. The largest absolute Gasteiger partial charge is 0.493 e. The van der Waals surface area contributed by atoms with Crippen LogP contribution in [-0.4, -0.2) is 13.0 Å². The Morgan fingerprint density at radius 3 is 2.45 bits per heavy atom. The van der Waals surface area contributed by atoms with E-state index >= 15 is 0 Å². The lowest BCUT2D eigenvalue weighted by atomic mass is 10.1. The number of ether oxygens (including phenoxy) is 2. The molecule has 0 atom stereocenters. The van der Waals surface area contributed by atoms with Crippen LogP contribution in [0.3, 0.4) is 0 Å². The number of aryl methyl sites for hydroxylation is 1. The van der Waals surface area contributed by atoms with Crippen molar-refractivity contribution in [2.45, 2.75) is 13.5 Å². The number of nitriles is 1. The number of nitrogens with one attached hydrogen (secondary N) is 1. The maximum absolute atomic E-state index is 12.6. The molecule has 156 valence electrons. The van der Waals surface area contributed by atoms with Crippen molar-refractivity contribution in [3.8, 4) is 17.6 Å². The number of amides is 1. The molecule has 31 heavy (non-hydrogen) atoms. The van der Waals surface area contributed by atoms with Gasteiger partial charge in [0.25, 0.3) is 5.91 Å². The standard InChI is InChI=1S/C25H21ClN2O3/c1-17-6-12-22(13-7-17)28-25(29)20(15-27)14-19-4-3-5-23(30-2)24(19)31-16-18-8-10-21(26)11-9-18/h3-14H,16H2,1-2H3,(H,28,29)/b20-14-. The summed E-state index contributed by atoms with van der Waals surface area (Å²) >= 11 is 5.93. The van der Waals surface area contributed by atoms with Crippen molar-refractivity contribution >= 4 is 29.3 Å². The first-order valence-corrected chi connectivity index (χ1v) is 9.92. The SMILES string of the molecule is COc1cccc(/C=C(/C#N)C(=O)Nc2ccc(C)cc2)c1OCc1ccc(Cl)cc1. The zero-order chi connectivity index (χ0) is 22.2. The fourth-order valence-electron chi connectivity index (χ4n) is 2.84. The molecular formula is C25H21ClN2O3. The predicted molar refractivity (Wildman–Crippen MR) is 122 cm³/mol. The summed E-state index contributed by atoms with van der Waals surface area (Å²) in [5.74, 6) is 0.438. The van der Waals surface area contributed by atoms with Crippen LogP contribution in [0, 0.1) is 18.3 Å². The van der Waals surface area contributed by atoms with Crippen LogP contribution in [0.15, 0.2) is 72.3 Å². The Bertz CT molecular complexity index is 1130. The lowest BCUT2D eigenvalue weighted by Gasteiger charge is -2.14. The summed E-state index contributed by atoms with van der Waals surface area (Å²) in [6, 6.07) is 21.9. The van der Waals surface area contributed by atoms with Crippen LogP contribution in [0.4, 0.5) is 5.69 Å². The lowest BCUT2D eigenvalue weighted by Crippen LogP contribution is -2.13. The zero-order valence-electron chi connectivity index (χ0n) is 17.2. The minimum atomic E-state index is -0.502. The topological polar surface area (TPSA) is 71.3 Å². The molecule has 0 fully saturated rings. The highest BCUT2D eigenvalue weighted by molar-refractivity contribution is 6.30. The number of benzene rings is 3. The Balaban J connectivity index is 1.86. The average Bonchev–Trinajstić information content (AvgIpc) is 2.78. The van der Waals surface area contributed by atoms with E-state index in [4.69, 9.17) is 21.1 Å². The molecule has 0 radical (unpaired) electrons. The fraction of sp³-hybridized carbons (Fsp3) is 0.120.